The minimum absolute atomic E-state index is 0.0944. The highest BCUT2D eigenvalue weighted by atomic mass is 16.6. The molecule has 0 aromatic carbocycles. The first-order chi connectivity index (χ1) is 40.5. The van der Waals surface area contributed by atoms with Crippen LogP contribution in [-0.4, -0.2) is 37.2 Å². The van der Waals surface area contributed by atoms with Gasteiger partial charge in [0.25, 0.3) is 0 Å². The molecule has 0 aromatic heterocycles. The third kappa shape index (κ3) is 65.6. The maximum absolute atomic E-state index is 12.9. The Morgan fingerprint density at radius 1 is 0.256 bits per heavy atom. The predicted molar refractivity (Wildman–Crippen MR) is 357 cm³/mol. The van der Waals surface area contributed by atoms with E-state index in [1.54, 1.807) is 0 Å². The number of esters is 3. The minimum atomic E-state index is -0.799. The maximum atomic E-state index is 12.9. The topological polar surface area (TPSA) is 78.9 Å². The van der Waals surface area contributed by atoms with Crippen molar-refractivity contribution in [2.75, 3.05) is 13.2 Å². The molecule has 0 rings (SSSR count). The van der Waals surface area contributed by atoms with Gasteiger partial charge in [-0.2, -0.15) is 0 Å². The van der Waals surface area contributed by atoms with Gasteiger partial charge in [-0.1, -0.05) is 287 Å². The summed E-state index contributed by atoms with van der Waals surface area (Å²) in [7, 11) is 0. The minimum Gasteiger partial charge on any atom is -0.462 e. The molecule has 0 fully saturated rings. The van der Waals surface area contributed by atoms with Crippen LogP contribution in [0.25, 0.3) is 0 Å². The van der Waals surface area contributed by atoms with E-state index in [0.29, 0.717) is 19.3 Å². The van der Waals surface area contributed by atoms with Crippen molar-refractivity contribution >= 4 is 17.9 Å². The van der Waals surface area contributed by atoms with Gasteiger partial charge in [0.05, 0.1) is 0 Å². The summed E-state index contributed by atoms with van der Waals surface area (Å²) in [4.78, 5) is 38.2. The van der Waals surface area contributed by atoms with E-state index < -0.39 is 6.10 Å². The molecule has 0 saturated carbocycles. The zero-order chi connectivity index (χ0) is 59.2. The number of carbonyl (C=O) groups is 3. The van der Waals surface area contributed by atoms with Gasteiger partial charge in [0.1, 0.15) is 13.2 Å². The van der Waals surface area contributed by atoms with Crippen molar-refractivity contribution in [3.8, 4) is 0 Å². The second-order valence-electron chi connectivity index (χ2n) is 21.3. The number of allylic oxidation sites excluding steroid dienone is 28. The summed E-state index contributed by atoms with van der Waals surface area (Å²) in [5.41, 5.74) is 0. The average molecular weight is 1130 g/mol. The Morgan fingerprint density at radius 2 is 0.476 bits per heavy atom. The van der Waals surface area contributed by atoms with Crippen LogP contribution in [-0.2, 0) is 28.6 Å². The summed E-state index contributed by atoms with van der Waals surface area (Å²) in [6, 6.07) is 0. The summed E-state index contributed by atoms with van der Waals surface area (Å²) in [5, 5.41) is 0. The van der Waals surface area contributed by atoms with Gasteiger partial charge >= 0.3 is 17.9 Å². The van der Waals surface area contributed by atoms with E-state index in [0.717, 1.165) is 180 Å². The number of hydrogen-bond donors (Lipinski definition) is 0. The highest BCUT2D eigenvalue weighted by molar-refractivity contribution is 5.71. The summed E-state index contributed by atoms with van der Waals surface area (Å²) >= 11 is 0. The summed E-state index contributed by atoms with van der Waals surface area (Å²) in [5.74, 6) is -0.934. The first-order valence-corrected chi connectivity index (χ1v) is 33.1. The highest BCUT2D eigenvalue weighted by Crippen LogP contribution is 2.14. The zero-order valence-corrected chi connectivity index (χ0v) is 52.7. The van der Waals surface area contributed by atoms with Gasteiger partial charge in [-0.25, -0.2) is 0 Å². The van der Waals surface area contributed by atoms with Crippen molar-refractivity contribution in [2.45, 2.75) is 277 Å². The SMILES string of the molecule is CC/C=C\C/C=C\C/C=C\C/C=C\C/C=C\C/C=C\C/C=C\C/C=C\C/C=C\CCCCCCCC(=O)OCC(COC(=O)CCCCCCCCCC)OC(=O)CCCCCCCCC/C=C\C/C=C\C/C=C\C/C=C\C/C=C\CC. The molecule has 0 aliphatic carbocycles. The lowest BCUT2D eigenvalue weighted by molar-refractivity contribution is -0.167. The molecule has 0 bridgehead atoms. The standard InChI is InChI=1S/C76H120O6/c1-4-7-10-13-16-19-21-23-25-27-29-31-33-34-35-36-37-38-39-40-41-42-44-45-47-49-51-53-55-57-60-63-66-69-75(78)81-72-73(71-80-74(77)68-65-62-59-18-15-12-9-6-3)82-76(79)70-67-64-61-58-56-54-52-50-48-46-43-32-30-28-26-24-22-20-17-14-11-8-5-2/h7-8,10-11,16-17,19-20,23-26,29-32,34-35,37-38,40-41,44-46,48-49,51,73H,4-6,9,12-15,18,21-22,27-28,33,36,39,42-43,47,50,52-72H2,1-3H3/b10-7-,11-8-,19-16-,20-17-,25-23-,26-24-,31-29-,32-30-,35-34-,38-37-,41-40-,45-44-,48-46-,51-49-. The van der Waals surface area contributed by atoms with E-state index in [1.807, 2.05) is 0 Å². The number of unbranched alkanes of at least 4 members (excludes halogenated alkanes) is 19. The van der Waals surface area contributed by atoms with Gasteiger partial charge in [-0.15, -0.1) is 0 Å². The Kier molecular flexibility index (Phi) is 63.9. The molecule has 6 heteroatoms. The monoisotopic (exact) mass is 1130 g/mol. The number of hydrogen-bond acceptors (Lipinski definition) is 6. The predicted octanol–water partition coefficient (Wildman–Crippen LogP) is 23.0. The lowest BCUT2D eigenvalue weighted by Crippen LogP contribution is -2.30. The Morgan fingerprint density at radius 3 is 0.744 bits per heavy atom. The molecular formula is C76H120O6. The third-order valence-corrected chi connectivity index (χ3v) is 13.5. The van der Waals surface area contributed by atoms with Gasteiger partial charge in [0.2, 0.25) is 0 Å². The molecule has 1 atom stereocenters. The Labute approximate surface area is 504 Å². The Bertz CT molecular complexity index is 1870. The van der Waals surface area contributed by atoms with Crippen LogP contribution in [0.1, 0.15) is 271 Å². The largest absolute Gasteiger partial charge is 0.462 e. The molecule has 0 aliphatic rings. The van der Waals surface area contributed by atoms with Crippen LogP contribution in [0.5, 0.6) is 0 Å². The molecule has 6 nitrogen and oxygen atoms in total. The summed E-state index contributed by atoms with van der Waals surface area (Å²) < 4.78 is 16.8. The molecule has 0 spiro atoms. The van der Waals surface area contributed by atoms with E-state index in [2.05, 4.69) is 191 Å². The molecule has 0 radical (unpaired) electrons. The number of ether oxygens (including phenoxy) is 3. The third-order valence-electron chi connectivity index (χ3n) is 13.5. The van der Waals surface area contributed by atoms with E-state index >= 15 is 0 Å². The molecule has 82 heavy (non-hydrogen) atoms. The van der Waals surface area contributed by atoms with Crippen molar-refractivity contribution < 1.29 is 28.6 Å². The maximum Gasteiger partial charge on any atom is 0.306 e. The Balaban J connectivity index is 4.27. The van der Waals surface area contributed by atoms with Crippen molar-refractivity contribution in [3.05, 3.63) is 170 Å². The van der Waals surface area contributed by atoms with Crippen molar-refractivity contribution in [1.82, 2.24) is 0 Å². The lowest BCUT2D eigenvalue weighted by atomic mass is 10.1. The number of carbonyl (C=O) groups excluding carboxylic acids is 3. The molecular weight excluding hydrogens is 1010 g/mol. The van der Waals surface area contributed by atoms with E-state index in [1.165, 1.54) is 51.4 Å². The summed E-state index contributed by atoms with van der Waals surface area (Å²) in [6.45, 7) is 6.35. The smallest absolute Gasteiger partial charge is 0.306 e. The number of rotatable bonds is 58. The highest BCUT2D eigenvalue weighted by Gasteiger charge is 2.19. The van der Waals surface area contributed by atoms with E-state index in [-0.39, 0.29) is 31.1 Å². The molecule has 0 aromatic rings. The van der Waals surface area contributed by atoms with Crippen LogP contribution in [0.2, 0.25) is 0 Å². The van der Waals surface area contributed by atoms with Gasteiger partial charge in [0.15, 0.2) is 6.10 Å². The van der Waals surface area contributed by atoms with Gasteiger partial charge < -0.3 is 14.2 Å². The molecule has 1 unspecified atom stereocenters. The molecule has 0 N–H and O–H groups in total. The van der Waals surface area contributed by atoms with E-state index in [4.69, 9.17) is 14.2 Å². The molecule has 0 heterocycles. The summed E-state index contributed by atoms with van der Waals surface area (Å²) in [6.07, 6.45) is 101. The quantitative estimate of drug-likeness (QED) is 0.0261. The second kappa shape index (κ2) is 68.3. The fraction of sp³-hybridized carbons (Fsp3) is 0.592. The van der Waals surface area contributed by atoms with Crippen molar-refractivity contribution in [1.29, 1.82) is 0 Å². The lowest BCUT2D eigenvalue weighted by Gasteiger charge is -2.18. The molecule has 0 saturated heterocycles. The average Bonchev–Trinajstić information content (AvgIpc) is 3.47. The van der Waals surface area contributed by atoms with Gasteiger partial charge in [0, 0.05) is 19.3 Å². The van der Waals surface area contributed by atoms with Crippen LogP contribution >= 0.6 is 0 Å². The molecule has 0 aliphatic heterocycles. The normalized spacial score (nSPS) is 13.3. The van der Waals surface area contributed by atoms with Crippen LogP contribution in [0.3, 0.4) is 0 Å². The van der Waals surface area contributed by atoms with Crippen LogP contribution in [0, 0.1) is 0 Å². The van der Waals surface area contributed by atoms with Crippen molar-refractivity contribution in [2.24, 2.45) is 0 Å². The zero-order valence-electron chi connectivity index (χ0n) is 52.7. The molecule has 460 valence electrons. The van der Waals surface area contributed by atoms with Crippen molar-refractivity contribution in [3.63, 3.8) is 0 Å². The first-order valence-electron chi connectivity index (χ1n) is 33.1. The fourth-order valence-corrected chi connectivity index (χ4v) is 8.58. The second-order valence-corrected chi connectivity index (χ2v) is 21.3. The van der Waals surface area contributed by atoms with Gasteiger partial charge in [-0.3, -0.25) is 14.4 Å². The first kappa shape index (κ1) is 76.8. The van der Waals surface area contributed by atoms with Crippen LogP contribution in [0.4, 0.5) is 0 Å². The fourth-order valence-electron chi connectivity index (χ4n) is 8.58. The molecule has 0 amide bonds. The van der Waals surface area contributed by atoms with Crippen LogP contribution < -0.4 is 0 Å². The van der Waals surface area contributed by atoms with Crippen LogP contribution in [0.15, 0.2) is 170 Å². The Hall–Kier alpha value is -5.23. The van der Waals surface area contributed by atoms with E-state index in [9.17, 15) is 14.4 Å². The van der Waals surface area contributed by atoms with Gasteiger partial charge in [-0.05, 0) is 135 Å².